The maximum absolute atomic E-state index is 12.7. The molecule has 336 valence electrons. The van der Waals surface area contributed by atoms with Gasteiger partial charge in [-0.2, -0.15) is 0 Å². The monoisotopic (exact) mass is 816 g/mol. The molecule has 0 aliphatic carbocycles. The lowest BCUT2D eigenvalue weighted by Crippen LogP contribution is -2.55. The lowest BCUT2D eigenvalue weighted by atomic mass is 10.1. The molecule has 8 nitrogen and oxygen atoms in total. The van der Waals surface area contributed by atoms with Gasteiger partial charge in [0.15, 0.2) is 6.10 Å². The molecule has 2 atom stereocenters. The number of aliphatic carboxylic acids is 1. The molecule has 0 bridgehead atoms. The fourth-order valence-corrected chi connectivity index (χ4v) is 6.79. The van der Waals surface area contributed by atoms with E-state index in [1.54, 1.807) is 21.1 Å². The van der Waals surface area contributed by atoms with E-state index >= 15 is 0 Å². The van der Waals surface area contributed by atoms with E-state index in [1.165, 1.54) is 96.3 Å². The summed E-state index contributed by atoms with van der Waals surface area (Å²) in [4.78, 5) is 36.9. The summed E-state index contributed by atoms with van der Waals surface area (Å²) in [6, 6.07) is -0.731. The average Bonchev–Trinajstić information content (AvgIpc) is 3.18. The molecular weight excluding hydrogens is 727 g/mol. The maximum atomic E-state index is 12.7. The smallest absolute Gasteiger partial charge is 0.306 e. The largest absolute Gasteiger partial charge is 0.544 e. The van der Waals surface area contributed by atoms with Crippen molar-refractivity contribution in [2.24, 2.45) is 0 Å². The van der Waals surface area contributed by atoms with Crippen LogP contribution in [-0.2, 0) is 28.6 Å². The Hall–Kier alpha value is -2.71. The van der Waals surface area contributed by atoms with Gasteiger partial charge < -0.3 is 28.6 Å². The Labute approximate surface area is 356 Å². The second kappa shape index (κ2) is 41.0. The van der Waals surface area contributed by atoms with Crippen LogP contribution < -0.4 is 5.11 Å². The molecule has 0 rings (SSSR count). The molecule has 8 heteroatoms. The molecule has 0 aromatic heterocycles. The van der Waals surface area contributed by atoms with E-state index in [-0.39, 0.29) is 42.7 Å². The van der Waals surface area contributed by atoms with Gasteiger partial charge in [-0.25, -0.2) is 0 Å². The van der Waals surface area contributed by atoms with Crippen LogP contribution in [0.3, 0.4) is 0 Å². The number of nitrogens with zero attached hydrogens (tertiary/aromatic N) is 1. The number of hydrogen-bond acceptors (Lipinski definition) is 7. The van der Waals surface area contributed by atoms with Crippen LogP contribution in [0.15, 0.2) is 48.6 Å². The molecule has 0 radical (unpaired) electrons. The molecule has 58 heavy (non-hydrogen) atoms. The zero-order valence-corrected chi connectivity index (χ0v) is 38.2. The number of ether oxygens (including phenoxy) is 3. The van der Waals surface area contributed by atoms with Crippen LogP contribution in [0.5, 0.6) is 0 Å². The van der Waals surface area contributed by atoms with Gasteiger partial charge in [0.1, 0.15) is 12.6 Å². The number of esters is 2. The summed E-state index contributed by atoms with van der Waals surface area (Å²) in [6.07, 6.45) is 48.5. The van der Waals surface area contributed by atoms with Crippen LogP contribution in [0.25, 0.3) is 0 Å². The molecule has 0 aliphatic rings. The lowest BCUT2D eigenvalue weighted by Gasteiger charge is -2.34. The number of carboxylic acid groups (broad SMARTS) is 1. The van der Waals surface area contributed by atoms with E-state index in [0.717, 1.165) is 70.6 Å². The van der Waals surface area contributed by atoms with Crippen LogP contribution in [0.2, 0.25) is 0 Å². The molecule has 0 aliphatic heterocycles. The normalized spacial score (nSPS) is 13.3. The molecular formula is C50H89NO7. The van der Waals surface area contributed by atoms with Crippen LogP contribution in [0.4, 0.5) is 0 Å². The summed E-state index contributed by atoms with van der Waals surface area (Å²) in [5.74, 6) is -1.77. The first-order valence-electron chi connectivity index (χ1n) is 23.7. The van der Waals surface area contributed by atoms with Crippen molar-refractivity contribution >= 4 is 17.9 Å². The minimum Gasteiger partial charge on any atom is -0.544 e. The average molecular weight is 816 g/mol. The quantitative estimate of drug-likeness (QED) is 0.0262. The van der Waals surface area contributed by atoms with E-state index in [1.807, 2.05) is 0 Å². The van der Waals surface area contributed by atoms with Gasteiger partial charge in [-0.05, 0) is 70.6 Å². The maximum Gasteiger partial charge on any atom is 0.306 e. The van der Waals surface area contributed by atoms with Gasteiger partial charge in [0.2, 0.25) is 0 Å². The SMILES string of the molecule is CC/C=C/C/C=C/C/C=C/CCCCCCC(=O)OCC(COCCC(C(=O)[O-])[N+](C)(C)C)OC(=O)CCCCCCCCC/C=C/CCCCCCCCCCC. The van der Waals surface area contributed by atoms with Gasteiger partial charge in [0, 0.05) is 19.3 Å². The van der Waals surface area contributed by atoms with Crippen LogP contribution in [0, 0.1) is 0 Å². The highest BCUT2D eigenvalue weighted by Crippen LogP contribution is 2.14. The van der Waals surface area contributed by atoms with Gasteiger partial charge in [0.05, 0.1) is 40.3 Å². The Morgan fingerprint density at radius 2 is 0.966 bits per heavy atom. The summed E-state index contributed by atoms with van der Waals surface area (Å²) in [5.41, 5.74) is 0. The molecule has 0 saturated heterocycles. The number of hydrogen-bond donors (Lipinski definition) is 0. The third-order valence-corrected chi connectivity index (χ3v) is 10.4. The van der Waals surface area contributed by atoms with E-state index in [4.69, 9.17) is 14.2 Å². The van der Waals surface area contributed by atoms with E-state index in [9.17, 15) is 19.5 Å². The summed E-state index contributed by atoms with van der Waals surface area (Å²) in [7, 11) is 5.40. The number of carboxylic acids is 1. The molecule has 0 amide bonds. The number of allylic oxidation sites excluding steroid dienone is 8. The van der Waals surface area contributed by atoms with Crippen molar-refractivity contribution in [2.75, 3.05) is 41.0 Å². The first-order valence-corrected chi connectivity index (χ1v) is 23.7. The van der Waals surface area contributed by atoms with Crippen LogP contribution in [-0.4, -0.2) is 75.5 Å². The zero-order valence-electron chi connectivity index (χ0n) is 38.2. The Balaban J connectivity index is 4.31. The standard InChI is InChI=1S/C50H89NO7/c1-6-8-10-12-14-16-18-20-22-23-24-25-26-27-29-31-33-35-37-39-41-49(53)58-46(44-56-43-42-47(50(54)55)51(3,4)5)45-57-48(52)40-38-36-34-32-30-28-21-19-17-15-13-11-9-7-2/h9,11,15,17,21,24-25,28,46-47H,6-8,10,12-14,16,18-20,22-23,26-27,29-45H2,1-5H3/b11-9+,17-15+,25-24+,28-21+. The molecule has 2 unspecified atom stereocenters. The van der Waals surface area contributed by atoms with Crippen molar-refractivity contribution in [2.45, 2.75) is 212 Å². The lowest BCUT2D eigenvalue weighted by molar-refractivity contribution is -0.889. The summed E-state index contributed by atoms with van der Waals surface area (Å²) in [5, 5.41) is 11.6. The molecule has 0 aromatic carbocycles. The van der Waals surface area contributed by atoms with Crippen molar-refractivity contribution in [1.29, 1.82) is 0 Å². The highest BCUT2D eigenvalue weighted by atomic mass is 16.6. The third kappa shape index (κ3) is 38.8. The summed E-state index contributed by atoms with van der Waals surface area (Å²) in [6.45, 7) is 4.53. The number of rotatable bonds is 42. The predicted octanol–water partition coefficient (Wildman–Crippen LogP) is 11.9. The molecule has 0 saturated carbocycles. The van der Waals surface area contributed by atoms with Gasteiger partial charge in [-0.3, -0.25) is 9.59 Å². The molecule has 0 spiro atoms. The Bertz CT molecular complexity index is 1090. The fourth-order valence-electron chi connectivity index (χ4n) is 6.79. The fraction of sp³-hybridized carbons (Fsp3) is 0.780. The van der Waals surface area contributed by atoms with E-state index < -0.39 is 18.1 Å². The molecule has 0 heterocycles. The predicted molar refractivity (Wildman–Crippen MR) is 240 cm³/mol. The number of likely N-dealkylation sites (N-methyl/N-ethyl adjacent to an activating group) is 1. The highest BCUT2D eigenvalue weighted by Gasteiger charge is 2.25. The number of carbonyl (C=O) groups excluding carboxylic acids is 3. The number of unbranched alkanes of at least 4 members (excludes halogenated alkanes) is 20. The van der Waals surface area contributed by atoms with Gasteiger partial charge >= 0.3 is 11.9 Å². The van der Waals surface area contributed by atoms with E-state index in [2.05, 4.69) is 62.5 Å². The van der Waals surface area contributed by atoms with E-state index in [0.29, 0.717) is 12.8 Å². The second-order valence-electron chi connectivity index (χ2n) is 17.0. The minimum absolute atomic E-state index is 0.0313. The molecule has 0 fully saturated rings. The Kier molecular flexibility index (Phi) is 39.1. The Morgan fingerprint density at radius 1 is 0.534 bits per heavy atom. The van der Waals surface area contributed by atoms with Gasteiger partial charge in [0.25, 0.3) is 0 Å². The third-order valence-electron chi connectivity index (χ3n) is 10.4. The van der Waals surface area contributed by atoms with Gasteiger partial charge in [-0.15, -0.1) is 0 Å². The zero-order chi connectivity index (χ0) is 42.8. The first-order chi connectivity index (χ1) is 28.1. The molecule has 0 aromatic rings. The van der Waals surface area contributed by atoms with Crippen molar-refractivity contribution in [3.05, 3.63) is 48.6 Å². The van der Waals surface area contributed by atoms with Gasteiger partial charge in [-0.1, -0.05) is 159 Å². The topological polar surface area (TPSA) is 102 Å². The summed E-state index contributed by atoms with van der Waals surface area (Å²) < 4.78 is 17.2. The highest BCUT2D eigenvalue weighted by molar-refractivity contribution is 5.70. The first kappa shape index (κ1) is 55.3. The van der Waals surface area contributed by atoms with Crippen molar-refractivity contribution in [1.82, 2.24) is 0 Å². The number of quaternary nitrogens is 1. The van der Waals surface area contributed by atoms with Crippen LogP contribution >= 0.6 is 0 Å². The van der Waals surface area contributed by atoms with Crippen molar-refractivity contribution in [3.63, 3.8) is 0 Å². The number of carbonyl (C=O) groups is 3. The van der Waals surface area contributed by atoms with Crippen molar-refractivity contribution in [3.8, 4) is 0 Å². The Morgan fingerprint density at radius 3 is 1.45 bits per heavy atom. The summed E-state index contributed by atoms with van der Waals surface area (Å²) >= 11 is 0. The van der Waals surface area contributed by atoms with Crippen molar-refractivity contribution < 1.29 is 38.2 Å². The molecule has 0 N–H and O–H groups in total. The minimum atomic E-state index is -1.13. The second-order valence-corrected chi connectivity index (χ2v) is 17.0. The van der Waals surface area contributed by atoms with Crippen LogP contribution in [0.1, 0.15) is 200 Å².